The van der Waals surface area contributed by atoms with Gasteiger partial charge >= 0.3 is 6.09 Å². The Bertz CT molecular complexity index is 947. The number of nitrogens with zero attached hydrogens (tertiary/aromatic N) is 1. The van der Waals surface area contributed by atoms with Crippen LogP contribution < -0.4 is 5.32 Å². The van der Waals surface area contributed by atoms with Crippen LogP contribution >= 0.6 is 0 Å². The molecule has 1 saturated heterocycles. The number of likely N-dealkylation sites (N-methyl/N-ethyl adjacent to an activating group) is 1. The van der Waals surface area contributed by atoms with Crippen LogP contribution in [0, 0.1) is 5.92 Å². The zero-order valence-electron chi connectivity index (χ0n) is 19.0. The smallest absolute Gasteiger partial charge is 0.407 e. The Hall–Kier alpha value is -2.79. The van der Waals surface area contributed by atoms with Crippen molar-refractivity contribution in [2.75, 3.05) is 26.7 Å². The molecule has 2 aromatic carbocycles. The number of fused-ring (bicyclic) bond motifs is 1. The molecule has 170 valence electrons. The normalized spacial score (nSPS) is 29.5. The second kappa shape index (κ2) is 9.37. The molecule has 2 aromatic rings. The van der Waals surface area contributed by atoms with Gasteiger partial charge in [0.15, 0.2) is 0 Å². The second-order valence-corrected chi connectivity index (χ2v) is 9.83. The largest absolute Gasteiger partial charge is 0.508 e. The maximum atomic E-state index is 12.5. The van der Waals surface area contributed by atoms with Crippen molar-refractivity contribution in [1.29, 1.82) is 0 Å². The van der Waals surface area contributed by atoms with E-state index in [4.69, 9.17) is 4.74 Å². The van der Waals surface area contributed by atoms with Crippen molar-refractivity contribution in [3.05, 3.63) is 78.4 Å². The summed E-state index contributed by atoms with van der Waals surface area (Å²) in [7, 11) is 2.32. The van der Waals surface area contributed by atoms with E-state index in [0.29, 0.717) is 11.7 Å². The van der Waals surface area contributed by atoms with Crippen LogP contribution in [0.1, 0.15) is 36.8 Å². The predicted octanol–water partition coefficient (Wildman–Crippen LogP) is 4.76. The SMILES string of the molecule is C=CC[N@@+]1(C)CC[C@@]2(c3cccc(O)c3)C[C@H](NC(=O)OCc3ccccc3)CCC2C1. The van der Waals surface area contributed by atoms with Crippen LogP contribution in [0.2, 0.25) is 0 Å². The Balaban J connectivity index is 1.49. The van der Waals surface area contributed by atoms with Gasteiger partial charge < -0.3 is 19.6 Å². The number of hydrogen-bond acceptors (Lipinski definition) is 3. The number of alkyl carbamates (subject to hydrolysis) is 1. The molecule has 0 bridgehead atoms. The lowest BCUT2D eigenvalue weighted by molar-refractivity contribution is -0.914. The molecular weight excluding hydrogens is 400 g/mol. The van der Waals surface area contributed by atoms with E-state index >= 15 is 0 Å². The lowest BCUT2D eigenvalue weighted by Crippen LogP contribution is -2.62. The Labute approximate surface area is 191 Å². The molecule has 5 nitrogen and oxygen atoms in total. The fourth-order valence-electron chi connectivity index (χ4n) is 5.90. The number of hydrogen-bond donors (Lipinski definition) is 2. The van der Waals surface area contributed by atoms with Gasteiger partial charge in [-0.05, 0) is 48.6 Å². The maximum absolute atomic E-state index is 12.5. The van der Waals surface area contributed by atoms with E-state index < -0.39 is 0 Å². The number of piperidine rings is 1. The van der Waals surface area contributed by atoms with Crippen LogP contribution in [-0.4, -0.2) is 48.4 Å². The minimum Gasteiger partial charge on any atom is -0.508 e. The first-order chi connectivity index (χ1) is 15.4. The summed E-state index contributed by atoms with van der Waals surface area (Å²) in [6, 6.07) is 17.5. The number of rotatable bonds is 6. The highest BCUT2D eigenvalue weighted by Gasteiger charge is 2.52. The van der Waals surface area contributed by atoms with Crippen molar-refractivity contribution in [1.82, 2.24) is 5.32 Å². The minimum atomic E-state index is -0.355. The monoisotopic (exact) mass is 435 g/mol. The van der Waals surface area contributed by atoms with Gasteiger partial charge in [0, 0.05) is 23.8 Å². The molecule has 32 heavy (non-hydrogen) atoms. The first-order valence-electron chi connectivity index (χ1n) is 11.6. The summed E-state index contributed by atoms with van der Waals surface area (Å²) in [6.07, 6.45) is 5.56. The summed E-state index contributed by atoms with van der Waals surface area (Å²) in [6.45, 7) is 7.36. The fraction of sp³-hybridized carbons (Fsp3) is 0.444. The molecule has 5 heteroatoms. The molecule has 1 aliphatic heterocycles. The fourth-order valence-corrected chi connectivity index (χ4v) is 5.90. The van der Waals surface area contributed by atoms with Crippen LogP contribution in [-0.2, 0) is 16.8 Å². The van der Waals surface area contributed by atoms with E-state index in [2.05, 4.69) is 25.0 Å². The molecule has 0 aromatic heterocycles. The van der Waals surface area contributed by atoms with Crippen LogP contribution in [0.15, 0.2) is 67.3 Å². The summed E-state index contributed by atoms with van der Waals surface area (Å²) in [5, 5.41) is 13.3. The Kier molecular flexibility index (Phi) is 6.56. The van der Waals surface area contributed by atoms with Crippen molar-refractivity contribution in [3.63, 3.8) is 0 Å². The van der Waals surface area contributed by atoms with E-state index in [1.54, 1.807) is 6.07 Å². The van der Waals surface area contributed by atoms with Crippen molar-refractivity contribution >= 4 is 6.09 Å². The van der Waals surface area contributed by atoms with Crippen molar-refractivity contribution in [2.24, 2.45) is 5.92 Å². The summed E-state index contributed by atoms with van der Waals surface area (Å²) < 4.78 is 6.49. The molecule has 2 fully saturated rings. The highest BCUT2D eigenvalue weighted by atomic mass is 16.5. The quantitative estimate of drug-likeness (QED) is 0.508. The minimum absolute atomic E-state index is 0.0483. The van der Waals surface area contributed by atoms with Crippen LogP contribution in [0.4, 0.5) is 4.79 Å². The number of nitrogens with one attached hydrogen (secondary N) is 1. The van der Waals surface area contributed by atoms with Gasteiger partial charge in [0.2, 0.25) is 0 Å². The Morgan fingerprint density at radius 3 is 2.81 bits per heavy atom. The average molecular weight is 436 g/mol. The molecule has 1 unspecified atom stereocenters. The summed E-state index contributed by atoms with van der Waals surface area (Å²) in [4.78, 5) is 12.5. The van der Waals surface area contributed by atoms with Crippen LogP contribution in [0.3, 0.4) is 0 Å². The zero-order valence-corrected chi connectivity index (χ0v) is 19.0. The van der Waals surface area contributed by atoms with E-state index in [1.165, 1.54) is 5.56 Å². The van der Waals surface area contributed by atoms with Gasteiger partial charge in [-0.2, -0.15) is 0 Å². The number of phenols is 1. The molecule has 0 radical (unpaired) electrons. The van der Waals surface area contributed by atoms with Gasteiger partial charge in [-0.25, -0.2) is 4.79 Å². The van der Waals surface area contributed by atoms with E-state index in [0.717, 1.165) is 55.4 Å². The Morgan fingerprint density at radius 2 is 2.06 bits per heavy atom. The third kappa shape index (κ3) is 4.83. The number of aromatic hydroxyl groups is 1. The number of carbonyl (C=O) groups is 1. The number of ether oxygens (including phenoxy) is 1. The molecule has 4 atom stereocenters. The van der Waals surface area contributed by atoms with Gasteiger partial charge in [0.05, 0.1) is 26.7 Å². The molecule has 4 rings (SSSR count). The van der Waals surface area contributed by atoms with E-state index in [1.807, 2.05) is 48.5 Å². The van der Waals surface area contributed by atoms with Gasteiger partial charge in [0.1, 0.15) is 12.4 Å². The zero-order chi connectivity index (χ0) is 22.6. The number of quaternary nitrogens is 1. The molecule has 1 aliphatic carbocycles. The van der Waals surface area contributed by atoms with Crippen molar-refractivity contribution in [2.45, 2.75) is 43.7 Å². The summed E-state index contributed by atoms with van der Waals surface area (Å²) in [5.41, 5.74) is 2.12. The van der Waals surface area contributed by atoms with Gasteiger partial charge in [-0.15, -0.1) is 0 Å². The number of likely N-dealkylation sites (tertiary alicyclic amines) is 1. The first kappa shape index (κ1) is 22.4. The molecule has 0 spiro atoms. The van der Waals surface area contributed by atoms with Crippen LogP contribution in [0.5, 0.6) is 5.75 Å². The molecular formula is C27H35N2O3+. The van der Waals surface area contributed by atoms with Crippen molar-refractivity contribution in [3.8, 4) is 5.75 Å². The highest BCUT2D eigenvalue weighted by molar-refractivity contribution is 5.67. The summed E-state index contributed by atoms with van der Waals surface area (Å²) >= 11 is 0. The topological polar surface area (TPSA) is 58.6 Å². The number of benzene rings is 2. The van der Waals surface area contributed by atoms with Crippen molar-refractivity contribution < 1.29 is 19.1 Å². The predicted molar refractivity (Wildman–Crippen MR) is 126 cm³/mol. The van der Waals surface area contributed by atoms with Gasteiger partial charge in [-0.3, -0.25) is 0 Å². The molecule has 2 aliphatic rings. The maximum Gasteiger partial charge on any atom is 0.407 e. The third-order valence-corrected chi connectivity index (χ3v) is 7.54. The average Bonchev–Trinajstić information content (AvgIpc) is 2.79. The Morgan fingerprint density at radius 1 is 1.25 bits per heavy atom. The molecule has 1 saturated carbocycles. The van der Waals surface area contributed by atoms with E-state index in [-0.39, 0.29) is 24.2 Å². The lowest BCUT2D eigenvalue weighted by Gasteiger charge is -2.55. The van der Waals surface area contributed by atoms with Gasteiger partial charge in [0.25, 0.3) is 0 Å². The molecule has 1 heterocycles. The van der Waals surface area contributed by atoms with Gasteiger partial charge in [-0.1, -0.05) is 49.0 Å². The standard InChI is InChI=1S/C27H34N2O3/c1-3-15-29(2)16-14-27(22-10-7-11-25(30)17-22)18-24(13-12-23(27)19-29)28-26(31)32-20-21-8-5-4-6-9-21/h3-11,17,23-24H,1,12-16,18-20H2,2H3,(H-,28,30,31)/p+1/t23?,24-,27+,29+/m1/s1. The number of carbonyl (C=O) groups excluding carboxylic acids is 1. The highest BCUT2D eigenvalue weighted by Crippen LogP contribution is 2.50. The second-order valence-electron chi connectivity index (χ2n) is 9.83. The number of phenolic OH excluding ortho intramolecular Hbond substituents is 1. The third-order valence-electron chi connectivity index (χ3n) is 7.54. The van der Waals surface area contributed by atoms with E-state index in [9.17, 15) is 9.90 Å². The van der Waals surface area contributed by atoms with Crippen LogP contribution in [0.25, 0.3) is 0 Å². The molecule has 2 N–H and O–H groups in total. The lowest BCUT2D eigenvalue weighted by atomic mass is 9.57. The molecule has 1 amide bonds. The summed E-state index contributed by atoms with van der Waals surface area (Å²) in [5.74, 6) is 0.809. The first-order valence-corrected chi connectivity index (χ1v) is 11.6. The number of amides is 1.